The smallest absolute Gasteiger partial charge is 0.257 e. The maximum absolute atomic E-state index is 12.8. The fourth-order valence-electron chi connectivity index (χ4n) is 2.75. The van der Waals surface area contributed by atoms with E-state index in [2.05, 4.69) is 5.32 Å². The molecule has 0 saturated carbocycles. The summed E-state index contributed by atoms with van der Waals surface area (Å²) in [7, 11) is 1.47. The molecule has 6 nitrogen and oxygen atoms in total. The molecule has 0 bridgehead atoms. The molecule has 24 heavy (non-hydrogen) atoms. The third-order valence-corrected chi connectivity index (χ3v) is 4.72. The van der Waals surface area contributed by atoms with Gasteiger partial charge < -0.3 is 20.7 Å². The summed E-state index contributed by atoms with van der Waals surface area (Å²) in [4.78, 5) is 26.6. The molecule has 2 rings (SSSR count). The summed E-state index contributed by atoms with van der Waals surface area (Å²) >= 11 is 12.0. The van der Waals surface area contributed by atoms with Gasteiger partial charge in [0.15, 0.2) is 0 Å². The van der Waals surface area contributed by atoms with Gasteiger partial charge in [0.1, 0.15) is 5.75 Å². The van der Waals surface area contributed by atoms with Gasteiger partial charge in [0.2, 0.25) is 5.91 Å². The lowest BCUT2D eigenvalue weighted by atomic mass is 9.96. The number of carbonyl (C=O) groups excluding carboxylic acids is 2. The van der Waals surface area contributed by atoms with E-state index in [0.29, 0.717) is 42.5 Å². The van der Waals surface area contributed by atoms with Crippen LogP contribution in [-0.2, 0) is 4.79 Å². The molecule has 1 saturated heterocycles. The van der Waals surface area contributed by atoms with E-state index in [1.165, 1.54) is 19.2 Å². The number of piperidine rings is 1. The number of rotatable bonds is 5. The van der Waals surface area contributed by atoms with Gasteiger partial charge in [-0.15, -0.1) is 0 Å². The number of nitrogens with zero attached hydrogens (tertiary/aromatic N) is 1. The van der Waals surface area contributed by atoms with Gasteiger partial charge in [-0.3, -0.25) is 9.59 Å². The first-order chi connectivity index (χ1) is 11.5. The molecule has 2 amide bonds. The molecular weight excluding hydrogens is 353 g/mol. The number of carbonyl (C=O) groups is 2. The molecule has 1 atom stereocenters. The fraction of sp³-hybridized carbons (Fsp3) is 0.500. The molecule has 132 valence electrons. The minimum absolute atomic E-state index is 0.0703. The monoisotopic (exact) mass is 373 g/mol. The highest BCUT2D eigenvalue weighted by Gasteiger charge is 2.30. The highest BCUT2D eigenvalue weighted by Crippen LogP contribution is 2.32. The van der Waals surface area contributed by atoms with Crippen molar-refractivity contribution in [3.63, 3.8) is 0 Å². The Labute approximate surface area is 151 Å². The first-order valence-corrected chi connectivity index (χ1v) is 8.53. The van der Waals surface area contributed by atoms with Crippen molar-refractivity contribution in [2.45, 2.75) is 12.8 Å². The Hall–Kier alpha value is -1.50. The lowest BCUT2D eigenvalue weighted by Gasteiger charge is -2.32. The van der Waals surface area contributed by atoms with Gasteiger partial charge in [-0.25, -0.2) is 0 Å². The summed E-state index contributed by atoms with van der Waals surface area (Å²) in [6, 6.07) is 3.02. The Balaban J connectivity index is 2.15. The van der Waals surface area contributed by atoms with E-state index >= 15 is 0 Å². The van der Waals surface area contributed by atoms with Crippen LogP contribution in [0, 0.1) is 5.92 Å². The molecule has 1 aliphatic heterocycles. The predicted octanol–water partition coefficient (Wildman–Crippen LogP) is 1.93. The van der Waals surface area contributed by atoms with Gasteiger partial charge in [-0.1, -0.05) is 23.2 Å². The van der Waals surface area contributed by atoms with Crippen molar-refractivity contribution < 1.29 is 14.3 Å². The summed E-state index contributed by atoms with van der Waals surface area (Å²) in [6.07, 6.45) is 1.51. The van der Waals surface area contributed by atoms with Crippen molar-refractivity contribution in [2.24, 2.45) is 11.7 Å². The standard InChI is InChI=1S/C16H21Cl2N3O3/c1-24-14-8-13(18)12(17)7-11(14)16(23)21-6-2-3-10(9-21)15(22)20-5-4-19/h7-8,10H,2-6,9,19H2,1H3,(H,20,22). The average Bonchev–Trinajstić information content (AvgIpc) is 2.61. The second-order valence-electron chi connectivity index (χ2n) is 5.64. The zero-order valence-corrected chi connectivity index (χ0v) is 15.0. The molecule has 0 radical (unpaired) electrons. The van der Waals surface area contributed by atoms with E-state index < -0.39 is 0 Å². The summed E-state index contributed by atoms with van der Waals surface area (Å²) in [5.74, 6) is -0.159. The lowest BCUT2D eigenvalue weighted by Crippen LogP contribution is -2.46. The minimum Gasteiger partial charge on any atom is -0.496 e. The number of ether oxygens (including phenoxy) is 1. The van der Waals surface area contributed by atoms with Crippen molar-refractivity contribution in [3.8, 4) is 5.75 Å². The van der Waals surface area contributed by atoms with Crippen LogP contribution in [0.2, 0.25) is 10.0 Å². The number of nitrogens with one attached hydrogen (secondary N) is 1. The molecule has 1 unspecified atom stereocenters. The van der Waals surface area contributed by atoms with Gasteiger partial charge in [0, 0.05) is 32.2 Å². The Kier molecular flexibility index (Phi) is 6.71. The molecule has 3 N–H and O–H groups in total. The first kappa shape index (κ1) is 18.8. The van der Waals surface area contributed by atoms with Crippen LogP contribution in [0.1, 0.15) is 23.2 Å². The highest BCUT2D eigenvalue weighted by molar-refractivity contribution is 6.42. The van der Waals surface area contributed by atoms with Crippen molar-refractivity contribution in [3.05, 3.63) is 27.7 Å². The second kappa shape index (κ2) is 8.55. The Bertz CT molecular complexity index is 625. The minimum atomic E-state index is -0.233. The molecule has 1 fully saturated rings. The van der Waals surface area contributed by atoms with Crippen molar-refractivity contribution in [2.75, 3.05) is 33.3 Å². The second-order valence-corrected chi connectivity index (χ2v) is 6.45. The number of nitrogens with two attached hydrogens (primary N) is 1. The molecule has 1 heterocycles. The maximum atomic E-state index is 12.8. The van der Waals surface area contributed by atoms with Crippen molar-refractivity contribution in [1.29, 1.82) is 0 Å². The molecule has 1 aliphatic rings. The number of benzene rings is 1. The molecular formula is C16H21Cl2N3O3. The Morgan fingerprint density at radius 3 is 2.75 bits per heavy atom. The van der Waals surface area contributed by atoms with E-state index in [0.717, 1.165) is 12.8 Å². The van der Waals surface area contributed by atoms with Crippen LogP contribution in [-0.4, -0.2) is 50.0 Å². The highest BCUT2D eigenvalue weighted by atomic mass is 35.5. The van der Waals surface area contributed by atoms with Crippen molar-refractivity contribution in [1.82, 2.24) is 10.2 Å². The topological polar surface area (TPSA) is 84.7 Å². The SMILES string of the molecule is COc1cc(Cl)c(Cl)cc1C(=O)N1CCCC(C(=O)NCCN)C1. The van der Waals surface area contributed by atoms with Gasteiger partial charge in [0.05, 0.1) is 28.6 Å². The van der Waals surface area contributed by atoms with Gasteiger partial charge in [-0.2, -0.15) is 0 Å². The van der Waals surface area contributed by atoms with E-state index in [-0.39, 0.29) is 22.8 Å². The number of hydrogen-bond acceptors (Lipinski definition) is 4. The normalized spacial score (nSPS) is 17.5. The number of likely N-dealkylation sites (tertiary alicyclic amines) is 1. The number of halogens is 2. The van der Waals surface area contributed by atoms with Gasteiger partial charge in [0.25, 0.3) is 5.91 Å². The van der Waals surface area contributed by atoms with Crippen LogP contribution >= 0.6 is 23.2 Å². The first-order valence-electron chi connectivity index (χ1n) is 7.78. The molecule has 0 aromatic heterocycles. The van der Waals surface area contributed by atoms with Crippen LogP contribution in [0.5, 0.6) is 5.75 Å². The van der Waals surface area contributed by atoms with E-state index in [1.54, 1.807) is 4.90 Å². The van der Waals surface area contributed by atoms with Gasteiger partial charge in [-0.05, 0) is 18.9 Å². The van der Waals surface area contributed by atoms with Crippen LogP contribution in [0.4, 0.5) is 0 Å². The number of amides is 2. The molecule has 0 spiro atoms. The van der Waals surface area contributed by atoms with Crippen molar-refractivity contribution >= 4 is 35.0 Å². The van der Waals surface area contributed by atoms with Crippen LogP contribution in [0.3, 0.4) is 0 Å². The summed E-state index contributed by atoms with van der Waals surface area (Å²) in [6.45, 7) is 1.77. The lowest BCUT2D eigenvalue weighted by molar-refractivity contribution is -0.126. The third kappa shape index (κ3) is 4.32. The predicted molar refractivity (Wildman–Crippen MR) is 93.7 cm³/mol. The van der Waals surface area contributed by atoms with Crippen LogP contribution in [0.25, 0.3) is 0 Å². The number of methoxy groups -OCH3 is 1. The van der Waals surface area contributed by atoms with E-state index in [4.69, 9.17) is 33.7 Å². The largest absolute Gasteiger partial charge is 0.496 e. The Morgan fingerprint density at radius 2 is 2.08 bits per heavy atom. The number of hydrogen-bond donors (Lipinski definition) is 2. The average molecular weight is 374 g/mol. The fourth-order valence-corrected chi connectivity index (χ4v) is 3.07. The zero-order valence-electron chi connectivity index (χ0n) is 13.5. The quantitative estimate of drug-likeness (QED) is 0.825. The maximum Gasteiger partial charge on any atom is 0.257 e. The zero-order chi connectivity index (χ0) is 17.7. The molecule has 8 heteroatoms. The van der Waals surface area contributed by atoms with Gasteiger partial charge >= 0.3 is 0 Å². The van der Waals surface area contributed by atoms with E-state index in [1.807, 2.05) is 0 Å². The van der Waals surface area contributed by atoms with E-state index in [9.17, 15) is 9.59 Å². The van der Waals surface area contributed by atoms with Crippen LogP contribution in [0.15, 0.2) is 12.1 Å². The Morgan fingerprint density at radius 1 is 1.38 bits per heavy atom. The molecule has 1 aromatic rings. The summed E-state index contributed by atoms with van der Waals surface area (Å²) < 4.78 is 5.24. The molecule has 1 aromatic carbocycles. The molecule has 0 aliphatic carbocycles. The third-order valence-electron chi connectivity index (χ3n) is 4.00. The summed E-state index contributed by atoms with van der Waals surface area (Å²) in [5, 5.41) is 3.38. The summed E-state index contributed by atoms with van der Waals surface area (Å²) in [5.41, 5.74) is 5.74. The van der Waals surface area contributed by atoms with Crippen LogP contribution < -0.4 is 15.8 Å².